The van der Waals surface area contributed by atoms with Gasteiger partial charge in [0, 0.05) is 12.2 Å². The first-order valence-corrected chi connectivity index (χ1v) is 7.23. The average Bonchev–Trinajstić information content (AvgIpc) is 3.31. The van der Waals surface area contributed by atoms with Crippen LogP contribution in [0, 0.1) is 11.3 Å². The maximum Gasteiger partial charge on any atom is 0.249 e. The van der Waals surface area contributed by atoms with Crippen molar-refractivity contribution in [3.05, 3.63) is 29.8 Å². The summed E-state index contributed by atoms with van der Waals surface area (Å²) in [6.07, 6.45) is 3.96. The number of nitriles is 1. The molecule has 2 aliphatic rings. The monoisotopic (exact) mass is 283 g/mol. The van der Waals surface area contributed by atoms with Gasteiger partial charge in [0.05, 0.1) is 11.5 Å². The Balaban J connectivity index is 1.79. The van der Waals surface area contributed by atoms with E-state index >= 15 is 0 Å². The second-order valence-corrected chi connectivity index (χ2v) is 5.71. The van der Waals surface area contributed by atoms with E-state index in [2.05, 4.69) is 11.4 Å². The smallest absolute Gasteiger partial charge is 0.249 e. The summed E-state index contributed by atoms with van der Waals surface area (Å²) in [5.74, 6) is -0.0671. The van der Waals surface area contributed by atoms with Crippen LogP contribution in [0.25, 0.3) is 0 Å². The number of anilines is 1. The molecule has 3 rings (SSSR count). The Morgan fingerprint density at radius 2 is 2.05 bits per heavy atom. The SMILES string of the molecule is N#CC1(c2ccc(N3CCC[C@H](NC=O)C3=O)cc2)CC1. The number of carbonyl (C=O) groups excluding carboxylic acids is 2. The largest absolute Gasteiger partial charge is 0.347 e. The number of nitrogens with one attached hydrogen (secondary N) is 1. The van der Waals surface area contributed by atoms with Crippen molar-refractivity contribution >= 4 is 18.0 Å². The van der Waals surface area contributed by atoms with Crippen LogP contribution in [0.15, 0.2) is 24.3 Å². The van der Waals surface area contributed by atoms with Gasteiger partial charge in [0.1, 0.15) is 6.04 Å². The Kier molecular flexibility index (Phi) is 3.38. The summed E-state index contributed by atoms with van der Waals surface area (Å²) in [5.41, 5.74) is 1.56. The van der Waals surface area contributed by atoms with Crippen molar-refractivity contribution in [2.75, 3.05) is 11.4 Å². The van der Waals surface area contributed by atoms with E-state index in [1.165, 1.54) is 0 Å². The highest BCUT2D eigenvalue weighted by Gasteiger charge is 2.44. The third-order valence-electron chi connectivity index (χ3n) is 4.40. The van der Waals surface area contributed by atoms with Gasteiger partial charge in [-0.25, -0.2) is 0 Å². The summed E-state index contributed by atoms with van der Waals surface area (Å²) < 4.78 is 0. The van der Waals surface area contributed by atoms with Gasteiger partial charge in [0.2, 0.25) is 12.3 Å². The molecular formula is C16H17N3O2. The molecule has 0 spiro atoms. The lowest BCUT2D eigenvalue weighted by Gasteiger charge is -2.32. The molecule has 1 aliphatic heterocycles. The molecular weight excluding hydrogens is 266 g/mol. The van der Waals surface area contributed by atoms with Crippen LogP contribution in [-0.4, -0.2) is 24.9 Å². The van der Waals surface area contributed by atoms with Crippen molar-refractivity contribution < 1.29 is 9.59 Å². The van der Waals surface area contributed by atoms with E-state index in [0.29, 0.717) is 19.4 Å². The number of rotatable bonds is 4. The van der Waals surface area contributed by atoms with Crippen LogP contribution >= 0.6 is 0 Å². The van der Waals surface area contributed by atoms with Gasteiger partial charge in [-0.05, 0) is 43.4 Å². The quantitative estimate of drug-likeness (QED) is 0.851. The van der Waals surface area contributed by atoms with Crippen molar-refractivity contribution in [3.8, 4) is 6.07 Å². The number of carbonyl (C=O) groups is 2. The number of nitrogens with zero attached hydrogens (tertiary/aromatic N) is 2. The van der Waals surface area contributed by atoms with E-state index in [9.17, 15) is 14.9 Å². The first-order chi connectivity index (χ1) is 10.2. The molecule has 1 aromatic rings. The Bertz CT molecular complexity index is 599. The predicted molar refractivity (Wildman–Crippen MR) is 77.5 cm³/mol. The summed E-state index contributed by atoms with van der Waals surface area (Å²) in [6, 6.07) is 9.62. The summed E-state index contributed by atoms with van der Waals surface area (Å²) in [6.45, 7) is 0.665. The molecule has 1 heterocycles. The fraction of sp³-hybridized carbons (Fsp3) is 0.438. The first kappa shape index (κ1) is 13.6. The maximum atomic E-state index is 12.3. The summed E-state index contributed by atoms with van der Waals surface area (Å²) in [7, 11) is 0. The van der Waals surface area contributed by atoms with Gasteiger partial charge < -0.3 is 10.2 Å². The van der Waals surface area contributed by atoms with Crippen molar-refractivity contribution in [2.45, 2.75) is 37.1 Å². The second kappa shape index (κ2) is 5.21. The lowest BCUT2D eigenvalue weighted by molar-refractivity contribution is -0.124. The zero-order chi connectivity index (χ0) is 14.9. The van der Waals surface area contributed by atoms with Crippen LogP contribution < -0.4 is 10.2 Å². The molecule has 1 aliphatic carbocycles. The number of amides is 2. The molecule has 0 radical (unpaired) electrons. The van der Waals surface area contributed by atoms with E-state index in [1.54, 1.807) is 4.90 Å². The maximum absolute atomic E-state index is 12.3. The zero-order valence-electron chi connectivity index (χ0n) is 11.7. The Hall–Kier alpha value is -2.35. The molecule has 5 nitrogen and oxygen atoms in total. The van der Waals surface area contributed by atoms with Crippen LogP contribution in [0.5, 0.6) is 0 Å². The van der Waals surface area contributed by atoms with Gasteiger partial charge in [-0.1, -0.05) is 12.1 Å². The van der Waals surface area contributed by atoms with Gasteiger partial charge in [-0.2, -0.15) is 5.26 Å². The van der Waals surface area contributed by atoms with Crippen molar-refractivity contribution in [3.63, 3.8) is 0 Å². The van der Waals surface area contributed by atoms with Gasteiger partial charge in [-0.15, -0.1) is 0 Å². The molecule has 108 valence electrons. The Morgan fingerprint density at radius 1 is 1.33 bits per heavy atom. The summed E-state index contributed by atoms with van der Waals surface area (Å²) in [5, 5.41) is 11.8. The summed E-state index contributed by atoms with van der Waals surface area (Å²) >= 11 is 0. The lowest BCUT2D eigenvalue weighted by Crippen LogP contribution is -2.50. The van der Waals surface area contributed by atoms with E-state index in [0.717, 1.165) is 30.5 Å². The van der Waals surface area contributed by atoms with E-state index in [-0.39, 0.29) is 11.3 Å². The van der Waals surface area contributed by atoms with Crippen molar-refractivity contribution in [1.29, 1.82) is 5.26 Å². The zero-order valence-corrected chi connectivity index (χ0v) is 11.7. The van der Waals surface area contributed by atoms with E-state index in [4.69, 9.17) is 0 Å². The average molecular weight is 283 g/mol. The molecule has 1 atom stereocenters. The van der Waals surface area contributed by atoms with Gasteiger partial charge in [0.25, 0.3) is 0 Å². The van der Waals surface area contributed by atoms with E-state index in [1.807, 2.05) is 24.3 Å². The molecule has 0 bridgehead atoms. The first-order valence-electron chi connectivity index (χ1n) is 7.23. The minimum atomic E-state index is -0.426. The van der Waals surface area contributed by atoms with Crippen LogP contribution in [0.3, 0.4) is 0 Å². The topological polar surface area (TPSA) is 73.2 Å². The standard InChI is InChI=1S/C16H17N3O2/c17-10-16(7-8-16)12-3-5-13(6-4-12)19-9-1-2-14(15(19)21)18-11-20/h3-6,11,14H,1-2,7-9H2,(H,18,20)/t14-/m0/s1. The van der Waals surface area contributed by atoms with Gasteiger partial charge in [-0.3, -0.25) is 9.59 Å². The third-order valence-corrected chi connectivity index (χ3v) is 4.40. The normalized spacial score (nSPS) is 23.3. The molecule has 0 aromatic heterocycles. The van der Waals surface area contributed by atoms with Crippen LogP contribution in [0.2, 0.25) is 0 Å². The van der Waals surface area contributed by atoms with Crippen LogP contribution in [0.4, 0.5) is 5.69 Å². The number of piperidine rings is 1. The van der Waals surface area contributed by atoms with Crippen molar-refractivity contribution in [1.82, 2.24) is 5.32 Å². The predicted octanol–water partition coefficient (Wildman–Crippen LogP) is 1.48. The summed E-state index contributed by atoms with van der Waals surface area (Å²) in [4.78, 5) is 24.6. The van der Waals surface area contributed by atoms with Gasteiger partial charge >= 0.3 is 0 Å². The third kappa shape index (κ3) is 2.38. The van der Waals surface area contributed by atoms with Crippen LogP contribution in [0.1, 0.15) is 31.2 Å². The lowest BCUT2D eigenvalue weighted by atomic mass is 9.97. The molecule has 2 fully saturated rings. The fourth-order valence-corrected chi connectivity index (χ4v) is 2.92. The highest BCUT2D eigenvalue weighted by molar-refractivity contribution is 5.98. The highest BCUT2D eigenvalue weighted by Crippen LogP contribution is 2.47. The Labute approximate surface area is 123 Å². The molecule has 1 saturated carbocycles. The number of hydrogen-bond donors (Lipinski definition) is 1. The fourth-order valence-electron chi connectivity index (χ4n) is 2.92. The molecule has 1 saturated heterocycles. The van der Waals surface area contributed by atoms with Crippen LogP contribution in [-0.2, 0) is 15.0 Å². The molecule has 2 amide bonds. The molecule has 0 unspecified atom stereocenters. The number of hydrogen-bond acceptors (Lipinski definition) is 3. The minimum Gasteiger partial charge on any atom is -0.347 e. The molecule has 21 heavy (non-hydrogen) atoms. The minimum absolute atomic E-state index is 0.0671. The van der Waals surface area contributed by atoms with E-state index < -0.39 is 6.04 Å². The molecule has 5 heteroatoms. The molecule has 1 aromatic carbocycles. The second-order valence-electron chi connectivity index (χ2n) is 5.71. The highest BCUT2D eigenvalue weighted by atomic mass is 16.2. The number of benzene rings is 1. The van der Waals surface area contributed by atoms with Crippen molar-refractivity contribution in [2.24, 2.45) is 0 Å². The molecule has 1 N–H and O–H groups in total. The Morgan fingerprint density at radius 3 is 2.62 bits per heavy atom. The van der Waals surface area contributed by atoms with Gasteiger partial charge in [0.15, 0.2) is 0 Å².